The summed E-state index contributed by atoms with van der Waals surface area (Å²) in [5.41, 5.74) is 4.75. The molecule has 0 spiro atoms. The summed E-state index contributed by atoms with van der Waals surface area (Å²) in [4.78, 5) is 0. The van der Waals surface area contributed by atoms with Crippen molar-refractivity contribution in [3.63, 3.8) is 0 Å². The highest BCUT2D eigenvalue weighted by Gasteiger charge is 2.40. The van der Waals surface area contributed by atoms with Crippen LogP contribution in [-0.2, 0) is 0 Å². The van der Waals surface area contributed by atoms with E-state index >= 15 is 0 Å². The first-order chi connectivity index (χ1) is 11.6. The van der Waals surface area contributed by atoms with Crippen molar-refractivity contribution in [3.05, 3.63) is 69.2 Å². The van der Waals surface area contributed by atoms with Crippen molar-refractivity contribution in [2.75, 3.05) is 12.4 Å². The van der Waals surface area contributed by atoms with Crippen molar-refractivity contribution in [2.24, 2.45) is 5.92 Å². The summed E-state index contributed by atoms with van der Waals surface area (Å²) in [6.45, 7) is 2.16. The second-order valence-corrected chi connectivity index (χ2v) is 7.28. The van der Waals surface area contributed by atoms with E-state index in [-0.39, 0.29) is 6.04 Å². The van der Waals surface area contributed by atoms with E-state index in [1.54, 1.807) is 7.11 Å². The third kappa shape index (κ3) is 2.32. The number of methoxy groups -OCH3 is 1. The van der Waals surface area contributed by atoms with E-state index in [9.17, 15) is 0 Å². The number of halogens is 2. The Hall–Kier alpha value is -1.64. The molecule has 4 heteroatoms. The van der Waals surface area contributed by atoms with E-state index in [4.69, 9.17) is 27.9 Å². The Morgan fingerprint density at radius 1 is 1.17 bits per heavy atom. The third-order valence-corrected chi connectivity index (χ3v) is 6.07. The van der Waals surface area contributed by atoms with Gasteiger partial charge in [-0.25, -0.2) is 0 Å². The first kappa shape index (κ1) is 15.9. The number of hydrogen-bond acceptors (Lipinski definition) is 2. The van der Waals surface area contributed by atoms with E-state index in [0.29, 0.717) is 21.9 Å². The molecule has 4 rings (SSSR count). The topological polar surface area (TPSA) is 21.3 Å². The van der Waals surface area contributed by atoms with Gasteiger partial charge in [0.25, 0.3) is 0 Å². The molecule has 0 bridgehead atoms. The number of ether oxygens (including phenoxy) is 1. The van der Waals surface area contributed by atoms with Gasteiger partial charge in [0.15, 0.2) is 0 Å². The lowest BCUT2D eigenvalue weighted by Crippen LogP contribution is -2.30. The zero-order valence-corrected chi connectivity index (χ0v) is 15.2. The predicted octanol–water partition coefficient (Wildman–Crippen LogP) is 6.14. The molecule has 3 atom stereocenters. The lowest BCUT2D eigenvalue weighted by molar-refractivity contribution is 0.396. The standard InChI is InChI=1S/C20H19Cl2NO/c1-11-9-10-16(24-2)20-17(11)12-5-3-6-13(12)19(23-20)14-7-4-8-15(21)18(14)22/h3-5,7-10,12-13,19,23H,6H2,1-2H3/t12-,13-,19-/m0/s1. The van der Waals surface area contributed by atoms with Crippen molar-refractivity contribution < 1.29 is 4.74 Å². The maximum atomic E-state index is 6.53. The molecule has 0 aromatic heterocycles. The molecule has 2 nitrogen and oxygen atoms in total. The Balaban J connectivity index is 1.89. The molecule has 2 aromatic rings. The summed E-state index contributed by atoms with van der Waals surface area (Å²) in [5, 5.41) is 4.94. The highest BCUT2D eigenvalue weighted by molar-refractivity contribution is 6.42. The van der Waals surface area contributed by atoms with Crippen LogP contribution in [0.1, 0.15) is 35.1 Å². The number of anilines is 1. The van der Waals surface area contributed by atoms with Crippen LogP contribution in [0.15, 0.2) is 42.5 Å². The Morgan fingerprint density at radius 2 is 2.00 bits per heavy atom. The van der Waals surface area contributed by atoms with Gasteiger partial charge in [0.1, 0.15) is 5.75 Å². The maximum Gasteiger partial charge on any atom is 0.142 e. The molecule has 0 unspecified atom stereocenters. The van der Waals surface area contributed by atoms with Gasteiger partial charge in [-0.05, 0) is 48.1 Å². The molecule has 0 saturated carbocycles. The number of rotatable bonds is 2. The first-order valence-electron chi connectivity index (χ1n) is 8.16. The third-order valence-electron chi connectivity index (χ3n) is 5.24. The molecule has 124 valence electrons. The van der Waals surface area contributed by atoms with Gasteiger partial charge in [0, 0.05) is 5.92 Å². The molecule has 0 amide bonds. The molecule has 0 radical (unpaired) electrons. The van der Waals surface area contributed by atoms with Crippen LogP contribution < -0.4 is 10.1 Å². The van der Waals surface area contributed by atoms with Crippen LogP contribution in [0.3, 0.4) is 0 Å². The zero-order chi connectivity index (χ0) is 16.8. The van der Waals surface area contributed by atoms with Gasteiger partial charge < -0.3 is 10.1 Å². The van der Waals surface area contributed by atoms with Crippen molar-refractivity contribution in [1.29, 1.82) is 0 Å². The normalized spacial score (nSPS) is 24.2. The van der Waals surface area contributed by atoms with Crippen LogP contribution >= 0.6 is 23.2 Å². The number of aryl methyl sites for hydroxylation is 1. The zero-order valence-electron chi connectivity index (χ0n) is 13.6. The summed E-state index contributed by atoms with van der Waals surface area (Å²) < 4.78 is 5.61. The van der Waals surface area contributed by atoms with Crippen molar-refractivity contribution >= 4 is 28.9 Å². The second-order valence-electron chi connectivity index (χ2n) is 6.49. The van der Waals surface area contributed by atoms with Crippen LogP contribution in [0.25, 0.3) is 0 Å². The molecular weight excluding hydrogens is 341 g/mol. The lowest BCUT2D eigenvalue weighted by Gasteiger charge is -2.39. The summed E-state index contributed by atoms with van der Waals surface area (Å²) in [7, 11) is 1.71. The smallest absolute Gasteiger partial charge is 0.142 e. The average molecular weight is 360 g/mol. The van der Waals surface area contributed by atoms with Crippen LogP contribution in [0.2, 0.25) is 10.0 Å². The minimum Gasteiger partial charge on any atom is -0.495 e. The fourth-order valence-corrected chi connectivity index (χ4v) is 4.53. The molecule has 2 aromatic carbocycles. The Morgan fingerprint density at radius 3 is 2.79 bits per heavy atom. The predicted molar refractivity (Wildman–Crippen MR) is 101 cm³/mol. The molecule has 2 aliphatic rings. The summed E-state index contributed by atoms with van der Waals surface area (Å²) >= 11 is 12.8. The van der Waals surface area contributed by atoms with Gasteiger partial charge in [-0.2, -0.15) is 0 Å². The van der Waals surface area contributed by atoms with E-state index < -0.39 is 0 Å². The average Bonchev–Trinajstić information content (AvgIpc) is 3.06. The van der Waals surface area contributed by atoms with Gasteiger partial charge in [-0.1, -0.05) is 53.6 Å². The molecule has 1 heterocycles. The molecule has 1 aliphatic heterocycles. The fourth-order valence-electron chi connectivity index (χ4n) is 4.11. The monoisotopic (exact) mass is 359 g/mol. The lowest BCUT2D eigenvalue weighted by atomic mass is 9.75. The molecule has 24 heavy (non-hydrogen) atoms. The van der Waals surface area contributed by atoms with Crippen molar-refractivity contribution in [2.45, 2.75) is 25.3 Å². The molecule has 1 aliphatic carbocycles. The first-order valence-corrected chi connectivity index (χ1v) is 8.92. The number of benzene rings is 2. The highest BCUT2D eigenvalue weighted by Crippen LogP contribution is 2.54. The largest absolute Gasteiger partial charge is 0.495 e. The Labute approximate surface area is 152 Å². The highest BCUT2D eigenvalue weighted by atomic mass is 35.5. The van der Waals surface area contributed by atoms with E-state index in [2.05, 4.69) is 36.5 Å². The van der Waals surface area contributed by atoms with Crippen molar-refractivity contribution in [3.8, 4) is 5.75 Å². The van der Waals surface area contributed by atoms with Gasteiger partial charge in [0.2, 0.25) is 0 Å². The Bertz CT molecular complexity index is 831. The second kappa shape index (κ2) is 6.02. The Kier molecular flexibility index (Phi) is 3.98. The number of allylic oxidation sites excluding steroid dienone is 2. The van der Waals surface area contributed by atoms with Gasteiger partial charge in [-0.3, -0.25) is 0 Å². The summed E-state index contributed by atoms with van der Waals surface area (Å²) in [5.74, 6) is 1.67. The minimum atomic E-state index is 0.111. The van der Waals surface area contributed by atoms with Crippen LogP contribution in [0, 0.1) is 12.8 Å². The molecule has 0 fully saturated rings. The van der Waals surface area contributed by atoms with Crippen molar-refractivity contribution in [1.82, 2.24) is 0 Å². The van der Waals surface area contributed by atoms with Crippen LogP contribution in [0.5, 0.6) is 5.75 Å². The number of fused-ring (bicyclic) bond motifs is 3. The fraction of sp³-hybridized carbons (Fsp3) is 0.300. The summed E-state index contributed by atoms with van der Waals surface area (Å²) in [6, 6.07) is 10.1. The van der Waals surface area contributed by atoms with Gasteiger partial charge in [0.05, 0.1) is 28.9 Å². The minimum absolute atomic E-state index is 0.111. The maximum absolute atomic E-state index is 6.53. The quantitative estimate of drug-likeness (QED) is 0.650. The van der Waals surface area contributed by atoms with Gasteiger partial charge in [-0.15, -0.1) is 0 Å². The van der Waals surface area contributed by atoms with E-state index in [1.165, 1.54) is 11.1 Å². The van der Waals surface area contributed by atoms with Crippen LogP contribution in [0.4, 0.5) is 5.69 Å². The molecular formula is C20H19Cl2NO. The molecule has 1 N–H and O–H groups in total. The van der Waals surface area contributed by atoms with Crippen LogP contribution in [-0.4, -0.2) is 7.11 Å². The van der Waals surface area contributed by atoms with E-state index in [1.807, 2.05) is 18.2 Å². The molecule has 0 saturated heterocycles. The van der Waals surface area contributed by atoms with Gasteiger partial charge >= 0.3 is 0 Å². The SMILES string of the molecule is COc1ccc(C)c2c1N[C@H](c1cccc(Cl)c1Cl)[C@H]1CC=C[C@H]21. The summed E-state index contributed by atoms with van der Waals surface area (Å²) in [6.07, 6.45) is 5.62. The number of nitrogens with one attached hydrogen (secondary N) is 1. The number of hydrogen-bond donors (Lipinski definition) is 1. The van der Waals surface area contributed by atoms with E-state index in [0.717, 1.165) is 23.4 Å².